The molecule has 1 fully saturated rings. The predicted molar refractivity (Wildman–Crippen MR) is 161 cm³/mol. The van der Waals surface area contributed by atoms with Gasteiger partial charge < -0.3 is 0 Å². The molecule has 1 saturated heterocycles. The molecule has 0 spiro atoms. The van der Waals surface area contributed by atoms with Crippen LogP contribution in [0.5, 0.6) is 5.88 Å². The monoisotopic (exact) mass is 661 g/mol. The van der Waals surface area contributed by atoms with Crippen LogP contribution in [0, 0.1) is 0 Å². The molecule has 2 atom stereocenters. The summed E-state index contributed by atoms with van der Waals surface area (Å²) in [5.74, 6) is 0.490. The second-order valence-corrected chi connectivity index (χ2v) is 28.0. The van der Waals surface area contributed by atoms with Crippen molar-refractivity contribution < 1.29 is 23.8 Å². The van der Waals surface area contributed by atoms with Gasteiger partial charge in [-0.05, 0) is 0 Å². The van der Waals surface area contributed by atoms with E-state index in [1.54, 1.807) is 16.9 Å². The molecule has 3 rings (SSSR count). The van der Waals surface area contributed by atoms with Gasteiger partial charge in [0.15, 0.2) is 0 Å². The van der Waals surface area contributed by atoms with E-state index in [2.05, 4.69) is 25.9 Å². The van der Waals surface area contributed by atoms with Crippen LogP contribution in [0.4, 0.5) is 9.59 Å². The van der Waals surface area contributed by atoms with E-state index in [1.165, 1.54) is 3.58 Å². The molecule has 9 heteroatoms. The first kappa shape index (κ1) is 32.0. The fraction of sp³-hybridized carbons (Fsp3) is 0.581. The van der Waals surface area contributed by atoms with Gasteiger partial charge >= 0.3 is 245 Å². The Morgan fingerprint density at radius 3 is 2.20 bits per heavy atom. The molecule has 2 heterocycles. The van der Waals surface area contributed by atoms with Gasteiger partial charge in [0.2, 0.25) is 0 Å². The summed E-state index contributed by atoms with van der Waals surface area (Å²) in [6.45, 7) is 12.0. The fourth-order valence-electron chi connectivity index (χ4n) is 4.91. The van der Waals surface area contributed by atoms with Crippen LogP contribution in [0.1, 0.15) is 71.6 Å². The van der Waals surface area contributed by atoms with Crippen LogP contribution in [0.25, 0.3) is 0 Å². The van der Waals surface area contributed by atoms with Crippen molar-refractivity contribution in [1.29, 1.82) is 0 Å². The molecule has 0 saturated carbocycles. The molecule has 1 aliphatic heterocycles. The fourth-order valence-corrected chi connectivity index (χ4v) is 7.93. The Bertz CT molecular complexity index is 1170. The van der Waals surface area contributed by atoms with Gasteiger partial charge in [0.1, 0.15) is 0 Å². The van der Waals surface area contributed by atoms with Crippen molar-refractivity contribution in [3.8, 4) is 5.88 Å². The van der Waals surface area contributed by atoms with Crippen LogP contribution in [-0.2, 0) is 16.0 Å². The third kappa shape index (κ3) is 8.51. The Morgan fingerprint density at radius 2 is 1.65 bits per heavy atom. The maximum atomic E-state index is 13.9. The van der Waals surface area contributed by atoms with Crippen molar-refractivity contribution in [3.63, 3.8) is 0 Å². The van der Waals surface area contributed by atoms with Crippen LogP contribution >= 0.6 is 0 Å². The number of aromatic nitrogens is 1. The molecule has 1 aliphatic rings. The number of carbonyl (C=O) groups is 2. The van der Waals surface area contributed by atoms with Crippen LogP contribution in [-0.4, -0.2) is 76.2 Å². The Kier molecular flexibility index (Phi) is 10.1. The number of likely N-dealkylation sites (tertiary alicyclic amines) is 1. The van der Waals surface area contributed by atoms with Crippen LogP contribution < -0.4 is 8.32 Å². The molecule has 0 unspecified atom stereocenters. The molecule has 2 amide bonds. The Balaban J connectivity index is 2.14. The van der Waals surface area contributed by atoms with E-state index in [0.29, 0.717) is 18.8 Å². The summed E-state index contributed by atoms with van der Waals surface area (Å²) in [5, 5.41) is 0. The topological polar surface area (TPSA) is 81.2 Å². The molecular weight excluding hydrogens is 613 g/mol. The second-order valence-electron chi connectivity index (χ2n) is 13.5. The van der Waals surface area contributed by atoms with E-state index < -0.39 is 47.8 Å². The first-order valence-corrected chi connectivity index (χ1v) is 24.1. The van der Waals surface area contributed by atoms with Crippen molar-refractivity contribution in [3.05, 3.63) is 53.7 Å². The number of benzene rings is 1. The Morgan fingerprint density at radius 1 is 1.02 bits per heavy atom. The molecule has 1 aromatic carbocycles. The van der Waals surface area contributed by atoms with Gasteiger partial charge in [-0.1, -0.05) is 0 Å². The SMILES string of the molecule is COc1nc[c]([Sn]([CH3])([CH3])[CH3])cc1CN(C(=O)OC(C)(C)C)[C@H]1CCCN(C(=O)OC(C)(C)C)[C@H]1c1ccccc1. The molecule has 0 bridgehead atoms. The van der Waals surface area contributed by atoms with E-state index in [-0.39, 0.29) is 12.6 Å². The quantitative estimate of drug-likeness (QED) is 0.329. The zero-order valence-corrected chi connectivity index (χ0v) is 28.8. The van der Waals surface area contributed by atoms with Gasteiger partial charge in [0.05, 0.1) is 0 Å². The number of methoxy groups -OCH3 is 1. The van der Waals surface area contributed by atoms with E-state index in [9.17, 15) is 9.59 Å². The minimum absolute atomic E-state index is 0.247. The van der Waals surface area contributed by atoms with E-state index in [0.717, 1.165) is 17.5 Å². The molecule has 220 valence electrons. The molecule has 8 nitrogen and oxygen atoms in total. The maximum absolute atomic E-state index is 13.9. The van der Waals surface area contributed by atoms with Gasteiger partial charge in [-0.15, -0.1) is 0 Å². The summed E-state index contributed by atoms with van der Waals surface area (Å²) >= 11 is -2.49. The van der Waals surface area contributed by atoms with Gasteiger partial charge in [-0.2, -0.15) is 0 Å². The molecule has 0 aliphatic carbocycles. The average molecular weight is 660 g/mol. The first-order valence-electron chi connectivity index (χ1n) is 14.1. The normalized spacial score (nSPS) is 18.2. The van der Waals surface area contributed by atoms with Crippen molar-refractivity contribution in [2.45, 2.75) is 99.0 Å². The van der Waals surface area contributed by atoms with Crippen LogP contribution in [0.3, 0.4) is 0 Å². The molecular formula is C31H47N3O5Sn. The first-order chi connectivity index (χ1) is 18.5. The zero-order chi connectivity index (χ0) is 29.9. The zero-order valence-electron chi connectivity index (χ0n) is 25.9. The number of pyridine rings is 1. The van der Waals surface area contributed by atoms with Crippen LogP contribution in [0.15, 0.2) is 42.6 Å². The van der Waals surface area contributed by atoms with Crippen molar-refractivity contribution in [2.24, 2.45) is 0 Å². The van der Waals surface area contributed by atoms with Gasteiger partial charge in [-0.25, -0.2) is 0 Å². The Hall–Kier alpha value is -2.49. The summed E-state index contributed by atoms with van der Waals surface area (Å²) < 4.78 is 18.7. The summed E-state index contributed by atoms with van der Waals surface area (Å²) in [6, 6.07) is 11.2. The third-order valence-electron chi connectivity index (χ3n) is 6.72. The van der Waals surface area contributed by atoms with Crippen LogP contribution in [0.2, 0.25) is 14.8 Å². The number of hydrogen-bond acceptors (Lipinski definition) is 6. The number of rotatable bonds is 6. The van der Waals surface area contributed by atoms with Gasteiger partial charge in [0, 0.05) is 0 Å². The number of hydrogen-bond donors (Lipinski definition) is 0. The molecule has 0 N–H and O–H groups in total. The number of nitrogens with zero attached hydrogens (tertiary/aromatic N) is 3. The number of piperidine rings is 1. The van der Waals surface area contributed by atoms with E-state index in [4.69, 9.17) is 14.2 Å². The van der Waals surface area contributed by atoms with Crippen molar-refractivity contribution in [1.82, 2.24) is 14.8 Å². The van der Waals surface area contributed by atoms with Gasteiger partial charge in [0.25, 0.3) is 0 Å². The molecule has 0 radical (unpaired) electrons. The number of carbonyl (C=O) groups excluding carboxylic acids is 2. The Labute approximate surface area is 244 Å². The van der Waals surface area contributed by atoms with Crippen molar-refractivity contribution in [2.75, 3.05) is 13.7 Å². The standard InChI is InChI=1S/C28H38N3O5.3CH3.Sn/c1-27(2,3)35-25(32)30-18-12-16-22(23(30)20-13-9-8-10-14-20)31(26(33)36-28(4,5)6)19-21-15-11-17-29-24(21)34-7;;;;/h8-10,13-15,17,22-23H,12,16,18-19H2,1-7H3;3*1H3;/t22-,23-;;;;/m0..../s1. The summed E-state index contributed by atoms with van der Waals surface area (Å²) in [7, 11) is 1.60. The van der Waals surface area contributed by atoms with Gasteiger partial charge in [-0.3, -0.25) is 0 Å². The summed E-state index contributed by atoms with van der Waals surface area (Å²) in [5.41, 5.74) is 0.437. The summed E-state index contributed by atoms with van der Waals surface area (Å²) in [4.78, 5) is 42.6. The third-order valence-corrected chi connectivity index (χ3v) is 12.4. The second kappa shape index (κ2) is 12.6. The molecule has 40 heavy (non-hydrogen) atoms. The number of amides is 2. The number of ether oxygens (including phenoxy) is 3. The van der Waals surface area contributed by atoms with E-state index >= 15 is 0 Å². The average Bonchev–Trinajstić information content (AvgIpc) is 2.84. The minimum atomic E-state index is -2.49. The summed E-state index contributed by atoms with van der Waals surface area (Å²) in [6.07, 6.45) is 2.51. The molecule has 2 aromatic rings. The predicted octanol–water partition coefficient (Wildman–Crippen LogP) is 6.51. The molecule has 1 aromatic heterocycles. The van der Waals surface area contributed by atoms with Crippen molar-refractivity contribution >= 4 is 34.1 Å². The van der Waals surface area contributed by atoms with E-state index in [1.807, 2.05) is 78.1 Å².